The Hall–Kier alpha value is -1.09. The fourth-order valence-electron chi connectivity index (χ4n) is 1.37. The van der Waals surface area contributed by atoms with Crippen LogP contribution in [0.25, 0.3) is 0 Å². The Balaban J connectivity index is 2.40. The number of nitrogens with zero attached hydrogens (tertiary/aromatic N) is 2. The molecule has 0 saturated carbocycles. The van der Waals surface area contributed by atoms with Crippen LogP contribution in [0.3, 0.4) is 0 Å². The second kappa shape index (κ2) is 5.70. The molecule has 2 rings (SSSR count). The van der Waals surface area contributed by atoms with Crippen LogP contribution in [0.5, 0.6) is 0 Å². The Kier molecular flexibility index (Phi) is 4.23. The molecule has 0 saturated heterocycles. The highest BCUT2D eigenvalue weighted by Crippen LogP contribution is 2.33. The van der Waals surface area contributed by atoms with E-state index < -0.39 is 0 Å². The molecule has 1 N–H and O–H groups in total. The van der Waals surface area contributed by atoms with Crippen LogP contribution >= 0.6 is 43.5 Å². The number of para-hydroxylation sites is 1. The van der Waals surface area contributed by atoms with Crippen LogP contribution in [0.4, 0.5) is 11.5 Å². The van der Waals surface area contributed by atoms with Crippen molar-refractivity contribution in [3.8, 4) is 6.07 Å². The number of anilines is 2. The number of rotatable bonds is 2. The number of hydrogen-bond donors (Lipinski definition) is 1. The maximum Gasteiger partial charge on any atom is 0.133 e. The normalized spacial score (nSPS) is 9.89. The van der Waals surface area contributed by atoms with Gasteiger partial charge in [0.1, 0.15) is 11.0 Å². The molecule has 90 valence electrons. The fourth-order valence-corrected chi connectivity index (χ4v) is 2.78. The molecule has 0 bridgehead atoms. The summed E-state index contributed by atoms with van der Waals surface area (Å²) in [6, 6.07) is 10.9. The van der Waals surface area contributed by atoms with E-state index in [2.05, 4.69) is 42.2 Å². The van der Waals surface area contributed by atoms with Gasteiger partial charge in [0.15, 0.2) is 0 Å². The van der Waals surface area contributed by atoms with E-state index in [1.807, 2.05) is 24.3 Å². The first kappa shape index (κ1) is 13.3. The summed E-state index contributed by atoms with van der Waals surface area (Å²) in [6.45, 7) is 0. The molecule has 0 unspecified atom stereocenters. The van der Waals surface area contributed by atoms with Crippen LogP contribution in [0.2, 0.25) is 5.15 Å². The van der Waals surface area contributed by atoms with Crippen LogP contribution in [0, 0.1) is 11.3 Å². The van der Waals surface area contributed by atoms with E-state index in [0.717, 1.165) is 14.6 Å². The minimum absolute atomic E-state index is 0.278. The van der Waals surface area contributed by atoms with Gasteiger partial charge in [0.25, 0.3) is 0 Å². The second-order valence-corrected chi connectivity index (χ2v) is 5.49. The highest BCUT2D eigenvalue weighted by atomic mass is 79.9. The summed E-state index contributed by atoms with van der Waals surface area (Å²) in [6.07, 6.45) is 0. The number of nitriles is 1. The zero-order valence-electron chi connectivity index (χ0n) is 8.92. The third-order valence-electron chi connectivity index (χ3n) is 2.14. The summed E-state index contributed by atoms with van der Waals surface area (Å²) in [4.78, 5) is 4.12. The molecule has 0 aliphatic carbocycles. The molecule has 6 heteroatoms. The van der Waals surface area contributed by atoms with Crippen LogP contribution < -0.4 is 5.32 Å². The number of pyridine rings is 1. The van der Waals surface area contributed by atoms with E-state index in [9.17, 15) is 0 Å². The Morgan fingerprint density at radius 1 is 1.22 bits per heavy atom. The van der Waals surface area contributed by atoms with Gasteiger partial charge < -0.3 is 5.32 Å². The van der Waals surface area contributed by atoms with Gasteiger partial charge in [0, 0.05) is 8.95 Å². The predicted octanol–water partition coefficient (Wildman–Crippen LogP) is 4.88. The summed E-state index contributed by atoms with van der Waals surface area (Å²) >= 11 is 12.7. The zero-order valence-corrected chi connectivity index (χ0v) is 12.8. The van der Waals surface area contributed by atoms with Gasteiger partial charge in [0.2, 0.25) is 0 Å². The highest BCUT2D eigenvalue weighted by molar-refractivity contribution is 9.11. The first-order valence-corrected chi connectivity index (χ1v) is 6.85. The molecule has 3 nitrogen and oxygen atoms in total. The lowest BCUT2D eigenvalue weighted by Crippen LogP contribution is -1.96. The summed E-state index contributed by atoms with van der Waals surface area (Å²) in [7, 11) is 0. The van der Waals surface area contributed by atoms with E-state index in [1.54, 1.807) is 6.07 Å². The van der Waals surface area contributed by atoms with Gasteiger partial charge in [0.05, 0.1) is 17.3 Å². The number of aromatic nitrogens is 1. The topological polar surface area (TPSA) is 48.7 Å². The minimum atomic E-state index is 0.278. The highest BCUT2D eigenvalue weighted by Gasteiger charge is 2.07. The molecule has 0 atom stereocenters. The Bertz CT molecular complexity index is 617. The van der Waals surface area contributed by atoms with Gasteiger partial charge in [-0.2, -0.15) is 5.26 Å². The average Bonchev–Trinajstić information content (AvgIpc) is 2.33. The standard InChI is InChI=1S/C12H6Br2ClN3/c13-8-2-1-3-9(14)12(8)18-11-5-7(6-16)4-10(15)17-11/h1-5H,(H,17,18). The van der Waals surface area contributed by atoms with Crippen molar-refractivity contribution < 1.29 is 0 Å². The molecular weight excluding hydrogens is 381 g/mol. The van der Waals surface area contributed by atoms with Gasteiger partial charge in [-0.05, 0) is 56.1 Å². The van der Waals surface area contributed by atoms with E-state index in [4.69, 9.17) is 16.9 Å². The van der Waals surface area contributed by atoms with Crippen LogP contribution in [0.1, 0.15) is 5.56 Å². The van der Waals surface area contributed by atoms with Crippen molar-refractivity contribution >= 4 is 55.0 Å². The SMILES string of the molecule is N#Cc1cc(Cl)nc(Nc2c(Br)cccc2Br)c1. The van der Waals surface area contributed by atoms with Crippen molar-refractivity contribution in [2.24, 2.45) is 0 Å². The lowest BCUT2D eigenvalue weighted by Gasteiger charge is -2.10. The predicted molar refractivity (Wildman–Crippen MR) is 79.1 cm³/mol. The molecule has 18 heavy (non-hydrogen) atoms. The van der Waals surface area contributed by atoms with Gasteiger partial charge in [-0.15, -0.1) is 0 Å². The van der Waals surface area contributed by atoms with Crippen molar-refractivity contribution in [3.63, 3.8) is 0 Å². The van der Waals surface area contributed by atoms with E-state index >= 15 is 0 Å². The second-order valence-electron chi connectivity index (χ2n) is 3.40. The number of hydrogen-bond acceptors (Lipinski definition) is 3. The molecule has 2 aromatic rings. The van der Waals surface area contributed by atoms with Crippen LogP contribution in [-0.2, 0) is 0 Å². The Labute approximate surface area is 126 Å². The molecule has 0 spiro atoms. The molecule has 0 fully saturated rings. The Morgan fingerprint density at radius 2 is 1.89 bits per heavy atom. The fraction of sp³-hybridized carbons (Fsp3) is 0. The van der Waals surface area contributed by atoms with Crippen LogP contribution in [-0.4, -0.2) is 4.98 Å². The zero-order chi connectivity index (χ0) is 13.1. The molecule has 0 amide bonds. The van der Waals surface area contributed by atoms with Gasteiger partial charge in [-0.1, -0.05) is 17.7 Å². The number of benzene rings is 1. The minimum Gasteiger partial charge on any atom is -0.338 e. The van der Waals surface area contributed by atoms with Crippen molar-refractivity contribution in [2.45, 2.75) is 0 Å². The summed E-state index contributed by atoms with van der Waals surface area (Å²) in [5.74, 6) is 0.520. The van der Waals surface area contributed by atoms with Crippen molar-refractivity contribution in [1.29, 1.82) is 5.26 Å². The third-order valence-corrected chi connectivity index (χ3v) is 3.65. The van der Waals surface area contributed by atoms with Gasteiger partial charge in [-0.3, -0.25) is 0 Å². The van der Waals surface area contributed by atoms with Crippen LogP contribution in [0.15, 0.2) is 39.3 Å². The maximum absolute atomic E-state index is 8.88. The smallest absolute Gasteiger partial charge is 0.133 e. The molecule has 1 aromatic heterocycles. The first-order chi connectivity index (χ1) is 8.60. The monoisotopic (exact) mass is 385 g/mol. The number of halogens is 3. The Morgan fingerprint density at radius 3 is 2.50 bits per heavy atom. The lowest BCUT2D eigenvalue weighted by atomic mass is 10.2. The van der Waals surface area contributed by atoms with E-state index in [1.165, 1.54) is 6.07 Å². The first-order valence-electron chi connectivity index (χ1n) is 4.89. The number of nitrogens with one attached hydrogen (secondary N) is 1. The van der Waals surface area contributed by atoms with Gasteiger partial charge in [-0.25, -0.2) is 4.98 Å². The van der Waals surface area contributed by atoms with Crippen molar-refractivity contribution in [3.05, 3.63) is 50.0 Å². The molecule has 1 aromatic carbocycles. The molecule has 0 radical (unpaired) electrons. The molecule has 0 aliphatic heterocycles. The average molecular weight is 387 g/mol. The summed E-state index contributed by atoms with van der Waals surface area (Å²) in [5.41, 5.74) is 1.29. The van der Waals surface area contributed by atoms with E-state index in [0.29, 0.717) is 11.4 Å². The largest absolute Gasteiger partial charge is 0.338 e. The molecule has 1 heterocycles. The molecular formula is C12H6Br2ClN3. The van der Waals surface area contributed by atoms with Gasteiger partial charge >= 0.3 is 0 Å². The van der Waals surface area contributed by atoms with Crippen molar-refractivity contribution in [1.82, 2.24) is 4.98 Å². The maximum atomic E-state index is 8.88. The third kappa shape index (κ3) is 3.02. The quantitative estimate of drug-likeness (QED) is 0.748. The summed E-state index contributed by atoms with van der Waals surface area (Å²) < 4.78 is 1.77. The van der Waals surface area contributed by atoms with E-state index in [-0.39, 0.29) is 5.15 Å². The lowest BCUT2D eigenvalue weighted by molar-refractivity contribution is 1.29. The van der Waals surface area contributed by atoms with Crippen molar-refractivity contribution in [2.75, 3.05) is 5.32 Å². The molecule has 0 aliphatic rings. The summed E-state index contributed by atoms with van der Waals surface area (Å²) in [5, 5.41) is 12.3.